The number of rotatable bonds is 2. The quantitative estimate of drug-likeness (QED) is 0.621. The molecule has 3 rings (SSSR count). The number of benzene rings is 2. The first-order chi connectivity index (χ1) is 8.81. The van der Waals surface area contributed by atoms with E-state index in [9.17, 15) is 0 Å². The minimum absolute atomic E-state index is 0.850. The van der Waals surface area contributed by atoms with E-state index in [-0.39, 0.29) is 0 Å². The van der Waals surface area contributed by atoms with Gasteiger partial charge in [-0.1, -0.05) is 30.3 Å². The van der Waals surface area contributed by atoms with Crippen molar-refractivity contribution < 1.29 is 9.30 Å². The minimum Gasteiger partial charge on any atom is -0.457 e. The molecule has 0 atom stereocenters. The molecular weight excluding hydrogens is 222 g/mol. The van der Waals surface area contributed by atoms with Gasteiger partial charge in [-0.2, -0.15) is 0 Å². The van der Waals surface area contributed by atoms with Crippen LogP contribution in [0.15, 0.2) is 67.0 Å². The number of fused-ring (bicyclic) bond motifs is 1. The van der Waals surface area contributed by atoms with Crippen LogP contribution in [0.4, 0.5) is 0 Å². The molecule has 2 aromatic carbocycles. The Morgan fingerprint density at radius 3 is 2.28 bits per heavy atom. The number of aromatic nitrogens is 1. The summed E-state index contributed by atoms with van der Waals surface area (Å²) in [7, 11) is 1.99. The van der Waals surface area contributed by atoms with E-state index in [1.165, 1.54) is 10.8 Å². The highest BCUT2D eigenvalue weighted by atomic mass is 16.5. The van der Waals surface area contributed by atoms with Crippen molar-refractivity contribution in [2.75, 3.05) is 0 Å². The highest BCUT2D eigenvalue weighted by Gasteiger charge is 2.00. The molecule has 2 heteroatoms. The molecule has 1 heterocycles. The van der Waals surface area contributed by atoms with Crippen LogP contribution in [0, 0.1) is 0 Å². The van der Waals surface area contributed by atoms with Crippen LogP contribution in [0.1, 0.15) is 0 Å². The summed E-state index contributed by atoms with van der Waals surface area (Å²) in [4.78, 5) is 0. The Balaban J connectivity index is 1.92. The van der Waals surface area contributed by atoms with E-state index < -0.39 is 0 Å². The molecule has 88 valence electrons. The molecule has 3 aromatic rings. The Labute approximate surface area is 106 Å². The molecule has 0 radical (unpaired) electrons. The van der Waals surface area contributed by atoms with E-state index in [2.05, 4.69) is 24.3 Å². The molecule has 0 saturated heterocycles. The molecule has 0 N–H and O–H groups in total. The first-order valence-electron chi connectivity index (χ1n) is 5.93. The lowest BCUT2D eigenvalue weighted by atomic mass is 10.1. The average molecular weight is 236 g/mol. The maximum atomic E-state index is 5.83. The summed E-state index contributed by atoms with van der Waals surface area (Å²) in [6.45, 7) is 0. The predicted octanol–water partition coefficient (Wildman–Crippen LogP) is 3.46. The van der Waals surface area contributed by atoms with E-state index in [0.29, 0.717) is 0 Å². The fourth-order valence-electron chi connectivity index (χ4n) is 1.92. The fourth-order valence-corrected chi connectivity index (χ4v) is 1.92. The van der Waals surface area contributed by atoms with E-state index in [1.807, 2.05) is 54.3 Å². The van der Waals surface area contributed by atoms with Crippen molar-refractivity contribution in [3.63, 3.8) is 0 Å². The van der Waals surface area contributed by atoms with E-state index in [1.54, 1.807) is 0 Å². The molecule has 0 fully saturated rings. The number of hydrogen-bond donors (Lipinski definition) is 0. The summed E-state index contributed by atoms with van der Waals surface area (Å²) in [5.41, 5.74) is 0. The molecule has 0 spiro atoms. The van der Waals surface area contributed by atoms with Gasteiger partial charge in [-0.15, -0.1) is 0 Å². The highest BCUT2D eigenvalue weighted by molar-refractivity contribution is 5.83. The van der Waals surface area contributed by atoms with E-state index in [0.717, 1.165) is 11.5 Å². The van der Waals surface area contributed by atoms with Gasteiger partial charge in [0, 0.05) is 12.1 Å². The zero-order chi connectivity index (χ0) is 12.4. The molecule has 0 aliphatic rings. The molecule has 0 bridgehead atoms. The van der Waals surface area contributed by atoms with Crippen LogP contribution in [0.3, 0.4) is 0 Å². The van der Waals surface area contributed by atoms with Crippen LogP contribution in [0.2, 0.25) is 0 Å². The molecule has 0 aliphatic heterocycles. The molecular formula is C16H14NO+. The van der Waals surface area contributed by atoms with Crippen molar-refractivity contribution in [3.05, 3.63) is 67.0 Å². The Kier molecular flexibility index (Phi) is 2.69. The van der Waals surface area contributed by atoms with Gasteiger partial charge >= 0.3 is 0 Å². The van der Waals surface area contributed by atoms with Crippen LogP contribution in [0.25, 0.3) is 10.8 Å². The second kappa shape index (κ2) is 4.49. The zero-order valence-corrected chi connectivity index (χ0v) is 10.2. The van der Waals surface area contributed by atoms with Gasteiger partial charge < -0.3 is 4.74 Å². The van der Waals surface area contributed by atoms with Gasteiger partial charge in [-0.3, -0.25) is 0 Å². The molecule has 1 aromatic heterocycles. The fraction of sp³-hybridized carbons (Fsp3) is 0.0625. The van der Waals surface area contributed by atoms with Gasteiger partial charge in [0.2, 0.25) is 0 Å². The van der Waals surface area contributed by atoms with Gasteiger partial charge in [0.1, 0.15) is 18.5 Å². The lowest BCUT2D eigenvalue weighted by molar-refractivity contribution is -0.671. The number of pyridine rings is 1. The SMILES string of the molecule is C[n+]1ccc(Oc2ccc3ccccc3c2)cc1. The normalized spacial score (nSPS) is 10.5. The van der Waals surface area contributed by atoms with E-state index >= 15 is 0 Å². The number of nitrogens with zero attached hydrogens (tertiary/aromatic N) is 1. The van der Waals surface area contributed by atoms with Crippen LogP contribution >= 0.6 is 0 Å². The average Bonchev–Trinajstić information content (AvgIpc) is 2.41. The van der Waals surface area contributed by atoms with Crippen LogP contribution < -0.4 is 9.30 Å². The first kappa shape index (κ1) is 10.8. The first-order valence-corrected chi connectivity index (χ1v) is 5.93. The Hall–Kier alpha value is -2.35. The smallest absolute Gasteiger partial charge is 0.172 e. The topological polar surface area (TPSA) is 13.1 Å². The Bertz CT molecular complexity index is 674. The van der Waals surface area contributed by atoms with Gasteiger partial charge in [-0.05, 0) is 22.9 Å². The summed E-state index contributed by atoms with van der Waals surface area (Å²) in [5.74, 6) is 1.71. The van der Waals surface area contributed by atoms with Gasteiger partial charge in [-0.25, -0.2) is 4.57 Å². The summed E-state index contributed by atoms with van der Waals surface area (Å²) >= 11 is 0. The van der Waals surface area contributed by atoms with Crippen molar-refractivity contribution >= 4 is 10.8 Å². The van der Waals surface area contributed by atoms with Gasteiger partial charge in [0.15, 0.2) is 12.4 Å². The van der Waals surface area contributed by atoms with Gasteiger partial charge in [0.05, 0.1) is 0 Å². The van der Waals surface area contributed by atoms with Crippen LogP contribution in [-0.2, 0) is 7.05 Å². The predicted molar refractivity (Wildman–Crippen MR) is 71.6 cm³/mol. The summed E-state index contributed by atoms with van der Waals surface area (Å²) < 4.78 is 7.81. The lowest BCUT2D eigenvalue weighted by Gasteiger charge is -2.05. The third-order valence-electron chi connectivity index (χ3n) is 2.90. The van der Waals surface area contributed by atoms with Crippen molar-refractivity contribution in [1.82, 2.24) is 0 Å². The van der Waals surface area contributed by atoms with Gasteiger partial charge in [0.25, 0.3) is 0 Å². The lowest BCUT2D eigenvalue weighted by Crippen LogP contribution is -2.25. The third kappa shape index (κ3) is 2.18. The Morgan fingerprint density at radius 2 is 1.50 bits per heavy atom. The standard InChI is InChI=1S/C16H14NO/c1-17-10-8-15(9-11-17)18-16-7-6-13-4-2-3-5-14(13)12-16/h2-12H,1H3/q+1. The minimum atomic E-state index is 0.850. The monoisotopic (exact) mass is 236 g/mol. The van der Waals surface area contributed by atoms with Crippen LogP contribution in [0.5, 0.6) is 11.5 Å². The largest absolute Gasteiger partial charge is 0.457 e. The third-order valence-corrected chi connectivity index (χ3v) is 2.90. The second-order valence-corrected chi connectivity index (χ2v) is 4.31. The van der Waals surface area contributed by atoms with Crippen molar-refractivity contribution in [2.45, 2.75) is 0 Å². The maximum Gasteiger partial charge on any atom is 0.172 e. The van der Waals surface area contributed by atoms with Crippen molar-refractivity contribution in [3.8, 4) is 11.5 Å². The van der Waals surface area contributed by atoms with Crippen molar-refractivity contribution in [1.29, 1.82) is 0 Å². The Morgan fingerprint density at radius 1 is 0.778 bits per heavy atom. The van der Waals surface area contributed by atoms with E-state index in [4.69, 9.17) is 4.74 Å². The molecule has 0 unspecified atom stereocenters. The maximum absolute atomic E-state index is 5.83. The number of aryl methyl sites for hydroxylation is 1. The molecule has 18 heavy (non-hydrogen) atoms. The number of ether oxygens (including phenoxy) is 1. The molecule has 0 aliphatic carbocycles. The summed E-state index contributed by atoms with van der Waals surface area (Å²) in [5, 5.41) is 2.42. The molecule has 0 saturated carbocycles. The molecule has 2 nitrogen and oxygen atoms in total. The summed E-state index contributed by atoms with van der Waals surface area (Å²) in [6.07, 6.45) is 3.94. The molecule has 0 amide bonds. The van der Waals surface area contributed by atoms with Crippen molar-refractivity contribution in [2.24, 2.45) is 7.05 Å². The highest BCUT2D eigenvalue weighted by Crippen LogP contribution is 2.24. The summed E-state index contributed by atoms with van der Waals surface area (Å²) in [6, 6.07) is 18.3. The van der Waals surface area contributed by atoms with Crippen LogP contribution in [-0.4, -0.2) is 0 Å². The number of hydrogen-bond acceptors (Lipinski definition) is 1. The zero-order valence-electron chi connectivity index (χ0n) is 10.2. The second-order valence-electron chi connectivity index (χ2n) is 4.31.